The molecular weight excluding hydrogens is 228 g/mol. The molecule has 1 atom stereocenters. The number of aromatic amines is 1. The van der Waals surface area contributed by atoms with Gasteiger partial charge in [0.2, 0.25) is 5.16 Å². The van der Waals surface area contributed by atoms with Crippen LogP contribution in [-0.4, -0.2) is 31.2 Å². The number of nitrogens with zero attached hydrogens (tertiary/aromatic N) is 1. The third kappa shape index (κ3) is 2.02. The lowest BCUT2D eigenvalue weighted by atomic mass is 10.3. The number of aromatic nitrogens is 2. The number of hydrogen-bond acceptors (Lipinski definition) is 3. The smallest absolute Gasteiger partial charge is 0.214 e. The van der Waals surface area contributed by atoms with Crippen molar-refractivity contribution < 1.29 is 13.5 Å². The van der Waals surface area contributed by atoms with Crippen LogP contribution in [0.3, 0.4) is 0 Å². The molecule has 0 saturated carbocycles. The van der Waals surface area contributed by atoms with E-state index >= 15 is 0 Å². The Hall–Kier alpha value is -1.53. The molecule has 1 aromatic carbocycles. The van der Waals surface area contributed by atoms with Crippen LogP contribution >= 0.6 is 0 Å². The van der Waals surface area contributed by atoms with E-state index in [1.54, 1.807) is 18.2 Å². The molecule has 0 fully saturated rings. The molecule has 0 spiro atoms. The van der Waals surface area contributed by atoms with Gasteiger partial charge in [0.25, 0.3) is 0 Å². The predicted molar refractivity (Wildman–Crippen MR) is 63.4 cm³/mol. The highest BCUT2D eigenvalue weighted by molar-refractivity contribution is 7.94. The number of hydrogen-bond donors (Lipinski definition) is 2. The van der Waals surface area contributed by atoms with E-state index in [0.717, 1.165) is 0 Å². The number of imidazole rings is 1. The van der Waals surface area contributed by atoms with Gasteiger partial charge in [-0.05, 0) is 24.9 Å². The summed E-state index contributed by atoms with van der Waals surface area (Å²) in [5.41, 5.74) is 1.27. The Labute approximate surface area is 93.3 Å². The SMILES string of the molecule is C=S(=O)(O)c1nc2ccc(OCC)cc2[nH]1. The van der Waals surface area contributed by atoms with Crippen LogP contribution in [0, 0.1) is 0 Å². The predicted octanol–water partition coefficient (Wildman–Crippen LogP) is 1.51. The number of H-pyrrole nitrogens is 1. The van der Waals surface area contributed by atoms with E-state index in [1.807, 2.05) is 6.92 Å². The lowest BCUT2D eigenvalue weighted by molar-refractivity contribution is 0.340. The van der Waals surface area contributed by atoms with Crippen molar-refractivity contribution in [2.24, 2.45) is 0 Å². The molecule has 16 heavy (non-hydrogen) atoms. The number of ether oxygens (including phenoxy) is 1. The maximum absolute atomic E-state index is 11.3. The maximum Gasteiger partial charge on any atom is 0.214 e. The largest absolute Gasteiger partial charge is 0.494 e. The van der Waals surface area contributed by atoms with Crippen molar-refractivity contribution in [3.8, 4) is 5.75 Å². The van der Waals surface area contributed by atoms with Gasteiger partial charge in [-0.15, -0.1) is 0 Å². The Balaban J connectivity index is 2.54. The van der Waals surface area contributed by atoms with E-state index in [-0.39, 0.29) is 5.16 Å². The second-order valence-corrected chi connectivity index (χ2v) is 4.96. The monoisotopic (exact) mass is 240 g/mol. The molecule has 2 N–H and O–H groups in total. The highest BCUT2D eigenvalue weighted by atomic mass is 32.2. The molecule has 2 rings (SSSR count). The van der Waals surface area contributed by atoms with Crippen molar-refractivity contribution in [3.63, 3.8) is 0 Å². The summed E-state index contributed by atoms with van der Waals surface area (Å²) in [6.45, 7) is 2.46. The number of benzene rings is 1. The summed E-state index contributed by atoms with van der Waals surface area (Å²) in [6.07, 6.45) is 0. The molecule has 0 saturated heterocycles. The van der Waals surface area contributed by atoms with Gasteiger partial charge in [-0.2, -0.15) is 0 Å². The van der Waals surface area contributed by atoms with E-state index in [9.17, 15) is 8.76 Å². The molecule has 6 heteroatoms. The molecule has 0 aliphatic rings. The molecule has 1 unspecified atom stereocenters. The molecule has 5 nitrogen and oxygen atoms in total. The maximum atomic E-state index is 11.3. The standard InChI is InChI=1S/C10H12N2O3S/c1-3-15-7-4-5-8-9(6-7)12-10(11-8)16(2,13)14/h4-6H,2-3H2,1H3,(H,11,12)(H,13,14). The summed E-state index contributed by atoms with van der Waals surface area (Å²) < 4.78 is 25.9. The zero-order valence-corrected chi connectivity index (χ0v) is 9.58. The quantitative estimate of drug-likeness (QED) is 0.797. The second kappa shape index (κ2) is 3.80. The van der Waals surface area contributed by atoms with Gasteiger partial charge in [0.05, 0.1) is 17.6 Å². The molecule has 0 aliphatic carbocycles. The normalized spacial score (nSPS) is 14.9. The molecular formula is C10H12N2O3S. The minimum atomic E-state index is -3.30. The van der Waals surface area contributed by atoms with Gasteiger partial charge >= 0.3 is 0 Å². The van der Waals surface area contributed by atoms with Crippen molar-refractivity contribution in [3.05, 3.63) is 18.2 Å². The van der Waals surface area contributed by atoms with E-state index in [1.165, 1.54) is 0 Å². The van der Waals surface area contributed by atoms with Gasteiger partial charge in [-0.3, -0.25) is 0 Å². The molecule has 0 radical (unpaired) electrons. The second-order valence-electron chi connectivity index (χ2n) is 3.29. The van der Waals surface area contributed by atoms with Crippen molar-refractivity contribution in [2.45, 2.75) is 12.1 Å². The molecule has 0 aliphatic heterocycles. The zero-order chi connectivity index (χ0) is 11.8. The van der Waals surface area contributed by atoms with E-state index in [4.69, 9.17) is 4.74 Å². The van der Waals surface area contributed by atoms with Crippen LogP contribution in [0.1, 0.15) is 6.92 Å². The van der Waals surface area contributed by atoms with Crippen molar-refractivity contribution in [1.29, 1.82) is 0 Å². The Morgan fingerprint density at radius 2 is 2.38 bits per heavy atom. The van der Waals surface area contributed by atoms with Crippen LogP contribution in [0.4, 0.5) is 0 Å². The van der Waals surface area contributed by atoms with Gasteiger partial charge in [0.15, 0.2) is 0 Å². The molecule has 0 amide bonds. The van der Waals surface area contributed by atoms with Crippen LogP contribution in [0.25, 0.3) is 11.0 Å². The number of rotatable bonds is 3. The lowest BCUT2D eigenvalue weighted by Crippen LogP contribution is -1.99. The van der Waals surface area contributed by atoms with Gasteiger partial charge in [-0.25, -0.2) is 9.19 Å². The first-order chi connectivity index (χ1) is 7.50. The number of nitrogens with one attached hydrogen (secondary N) is 1. The fourth-order valence-electron chi connectivity index (χ4n) is 1.37. The Morgan fingerprint density at radius 3 is 3.00 bits per heavy atom. The Morgan fingerprint density at radius 1 is 1.62 bits per heavy atom. The van der Waals surface area contributed by atoms with Gasteiger partial charge < -0.3 is 14.3 Å². The Bertz CT molecular complexity index is 616. The molecule has 86 valence electrons. The van der Waals surface area contributed by atoms with E-state index in [0.29, 0.717) is 23.4 Å². The van der Waals surface area contributed by atoms with Crippen LogP contribution in [0.15, 0.2) is 23.4 Å². The summed E-state index contributed by atoms with van der Waals surface area (Å²) in [5, 5.41) is -0.0175. The first-order valence-electron chi connectivity index (χ1n) is 4.73. The fraction of sp³-hybridized carbons (Fsp3) is 0.200. The highest BCUT2D eigenvalue weighted by Gasteiger charge is 2.10. The summed E-state index contributed by atoms with van der Waals surface area (Å²) in [6, 6.07) is 5.23. The zero-order valence-electron chi connectivity index (χ0n) is 8.77. The van der Waals surface area contributed by atoms with Crippen molar-refractivity contribution >= 4 is 26.7 Å². The van der Waals surface area contributed by atoms with Gasteiger partial charge in [-0.1, -0.05) is 0 Å². The third-order valence-electron chi connectivity index (χ3n) is 2.04. The third-order valence-corrected chi connectivity index (χ3v) is 2.84. The molecule has 0 bridgehead atoms. The Kier molecular flexibility index (Phi) is 2.61. The summed E-state index contributed by atoms with van der Waals surface area (Å²) in [5.74, 6) is 3.85. The lowest BCUT2D eigenvalue weighted by Gasteiger charge is -2.00. The average molecular weight is 240 g/mol. The summed E-state index contributed by atoms with van der Waals surface area (Å²) in [4.78, 5) is 6.74. The van der Waals surface area contributed by atoms with Crippen LogP contribution in [0.5, 0.6) is 5.75 Å². The van der Waals surface area contributed by atoms with Crippen LogP contribution in [0.2, 0.25) is 0 Å². The van der Waals surface area contributed by atoms with Crippen molar-refractivity contribution in [1.82, 2.24) is 9.97 Å². The van der Waals surface area contributed by atoms with Crippen molar-refractivity contribution in [2.75, 3.05) is 6.61 Å². The van der Waals surface area contributed by atoms with Crippen LogP contribution in [-0.2, 0) is 9.80 Å². The van der Waals surface area contributed by atoms with Crippen LogP contribution < -0.4 is 4.74 Å². The highest BCUT2D eigenvalue weighted by Crippen LogP contribution is 2.20. The minimum absolute atomic E-state index is 0.0175. The minimum Gasteiger partial charge on any atom is -0.494 e. The van der Waals surface area contributed by atoms with E-state index < -0.39 is 9.80 Å². The fourth-order valence-corrected chi connectivity index (χ4v) is 1.88. The average Bonchev–Trinajstić information content (AvgIpc) is 2.60. The first-order valence-corrected chi connectivity index (χ1v) is 6.41. The summed E-state index contributed by atoms with van der Waals surface area (Å²) >= 11 is 0. The molecule has 1 heterocycles. The van der Waals surface area contributed by atoms with Gasteiger partial charge in [0, 0.05) is 6.07 Å². The molecule has 2 aromatic rings. The van der Waals surface area contributed by atoms with E-state index in [2.05, 4.69) is 15.8 Å². The molecule has 1 aromatic heterocycles. The topological polar surface area (TPSA) is 75.2 Å². The first kappa shape index (κ1) is 11.0. The number of fused-ring (bicyclic) bond motifs is 1. The van der Waals surface area contributed by atoms with Gasteiger partial charge in [0.1, 0.15) is 15.6 Å². The summed E-state index contributed by atoms with van der Waals surface area (Å²) in [7, 11) is -3.30.